The summed E-state index contributed by atoms with van der Waals surface area (Å²) >= 11 is 11.6. The van der Waals surface area contributed by atoms with E-state index >= 15 is 0 Å². The first kappa shape index (κ1) is 12.1. The minimum Gasteiger partial charge on any atom is -0.462 e. The Bertz CT molecular complexity index is 587. The van der Waals surface area contributed by atoms with Gasteiger partial charge in [0.05, 0.1) is 17.7 Å². The number of hydrogen-bond donors (Lipinski definition) is 0. The molecule has 0 fully saturated rings. The molecule has 0 atom stereocenters. The molecule has 0 radical (unpaired) electrons. The first-order chi connectivity index (χ1) is 8.11. The zero-order valence-electron chi connectivity index (χ0n) is 8.91. The van der Waals surface area contributed by atoms with E-state index in [1.807, 2.05) is 0 Å². The number of carbonyl (C=O) groups is 1. The molecule has 0 bridgehead atoms. The van der Waals surface area contributed by atoms with Gasteiger partial charge in [-0.15, -0.1) is 0 Å². The lowest BCUT2D eigenvalue weighted by Crippen LogP contribution is -2.04. The normalized spacial score (nSPS) is 10.5. The van der Waals surface area contributed by atoms with Gasteiger partial charge in [-0.2, -0.15) is 0 Å². The molecular weight excluding hydrogens is 263 g/mol. The van der Waals surface area contributed by atoms with Crippen LogP contribution < -0.4 is 0 Å². The van der Waals surface area contributed by atoms with Gasteiger partial charge < -0.3 is 4.74 Å². The van der Waals surface area contributed by atoms with Crippen molar-refractivity contribution in [3.63, 3.8) is 0 Å². The molecule has 0 spiro atoms. The molecule has 0 aliphatic carbocycles. The van der Waals surface area contributed by atoms with Gasteiger partial charge in [0.1, 0.15) is 5.15 Å². The average molecular weight is 271 g/mol. The fourth-order valence-corrected chi connectivity index (χ4v) is 1.86. The summed E-state index contributed by atoms with van der Waals surface area (Å²) in [6.45, 7) is 2.07. The zero-order chi connectivity index (χ0) is 12.4. The predicted molar refractivity (Wildman–Crippen MR) is 65.5 cm³/mol. The van der Waals surface area contributed by atoms with Crippen LogP contribution in [-0.4, -0.2) is 22.5 Å². The number of fused-ring (bicyclic) bond motifs is 1. The molecule has 0 amide bonds. The molecule has 2 aromatic rings. The predicted octanol–water partition coefficient (Wildman–Crippen LogP) is 3.11. The number of carbonyl (C=O) groups excluding carboxylic acids is 1. The van der Waals surface area contributed by atoms with Crippen molar-refractivity contribution in [1.29, 1.82) is 0 Å². The average Bonchev–Trinajstić information content (AvgIpc) is 2.28. The van der Waals surface area contributed by atoms with Crippen LogP contribution in [0.15, 0.2) is 18.2 Å². The zero-order valence-corrected chi connectivity index (χ0v) is 10.4. The Kier molecular flexibility index (Phi) is 3.45. The van der Waals surface area contributed by atoms with E-state index in [0.717, 1.165) is 0 Å². The minimum absolute atomic E-state index is 0.0754. The third kappa shape index (κ3) is 2.48. The topological polar surface area (TPSA) is 52.1 Å². The summed E-state index contributed by atoms with van der Waals surface area (Å²) < 4.78 is 4.89. The lowest BCUT2D eigenvalue weighted by atomic mass is 10.1. The molecule has 1 heterocycles. The van der Waals surface area contributed by atoms with E-state index in [2.05, 4.69) is 9.97 Å². The summed E-state index contributed by atoms with van der Waals surface area (Å²) in [5.41, 5.74) is 0.996. The first-order valence-electron chi connectivity index (χ1n) is 4.91. The molecule has 1 aromatic heterocycles. The Labute approximate surface area is 108 Å². The Hall–Kier alpha value is -1.39. The van der Waals surface area contributed by atoms with Gasteiger partial charge >= 0.3 is 5.97 Å². The molecule has 2 rings (SSSR count). The highest BCUT2D eigenvalue weighted by atomic mass is 35.5. The Morgan fingerprint density at radius 2 is 2.12 bits per heavy atom. The molecule has 0 saturated heterocycles. The summed E-state index contributed by atoms with van der Waals surface area (Å²) in [6.07, 6.45) is 0. The summed E-state index contributed by atoms with van der Waals surface area (Å²) in [6, 6.07) is 4.85. The van der Waals surface area contributed by atoms with Gasteiger partial charge in [0.25, 0.3) is 0 Å². The van der Waals surface area contributed by atoms with Crippen molar-refractivity contribution in [3.05, 3.63) is 34.2 Å². The van der Waals surface area contributed by atoms with Crippen LogP contribution in [0.1, 0.15) is 17.3 Å². The van der Waals surface area contributed by atoms with E-state index in [1.165, 1.54) is 0 Å². The number of rotatable bonds is 2. The van der Waals surface area contributed by atoms with E-state index in [1.54, 1.807) is 25.1 Å². The van der Waals surface area contributed by atoms with Crippen molar-refractivity contribution in [2.24, 2.45) is 0 Å². The van der Waals surface area contributed by atoms with E-state index in [-0.39, 0.29) is 10.4 Å². The molecule has 6 heteroatoms. The Morgan fingerprint density at radius 3 is 2.82 bits per heavy atom. The van der Waals surface area contributed by atoms with Gasteiger partial charge in [-0.25, -0.2) is 14.8 Å². The van der Waals surface area contributed by atoms with Crippen molar-refractivity contribution < 1.29 is 9.53 Å². The molecule has 0 aliphatic rings. The number of esters is 1. The molecule has 0 saturated carbocycles. The molecular formula is C11H8Cl2N2O2. The third-order valence-corrected chi connectivity index (χ3v) is 2.59. The van der Waals surface area contributed by atoms with Crippen molar-refractivity contribution in [1.82, 2.24) is 9.97 Å². The quantitative estimate of drug-likeness (QED) is 0.478. The number of halogens is 2. The van der Waals surface area contributed by atoms with Crippen LogP contribution in [0.3, 0.4) is 0 Å². The monoisotopic (exact) mass is 270 g/mol. The second kappa shape index (κ2) is 4.85. The lowest BCUT2D eigenvalue weighted by Gasteiger charge is -2.04. The number of ether oxygens (including phenoxy) is 1. The minimum atomic E-state index is -0.402. The standard InChI is InChI=1S/C11H8Cl2N2O2/c1-2-17-10(16)6-3-4-8-7(5-6)9(12)15-11(13)14-8/h3-5H,2H2,1H3. The van der Waals surface area contributed by atoms with Crippen LogP contribution in [-0.2, 0) is 4.74 Å². The van der Waals surface area contributed by atoms with E-state index in [0.29, 0.717) is 23.1 Å². The SMILES string of the molecule is CCOC(=O)c1ccc2nc(Cl)nc(Cl)c2c1. The number of nitrogens with zero attached hydrogens (tertiary/aromatic N) is 2. The summed E-state index contributed by atoms with van der Waals surface area (Å²) in [5.74, 6) is -0.402. The van der Waals surface area contributed by atoms with Crippen LogP contribution in [0.5, 0.6) is 0 Å². The Morgan fingerprint density at radius 1 is 1.35 bits per heavy atom. The number of benzene rings is 1. The number of hydrogen-bond acceptors (Lipinski definition) is 4. The van der Waals surface area contributed by atoms with Crippen LogP contribution in [0.25, 0.3) is 10.9 Å². The fraction of sp³-hybridized carbons (Fsp3) is 0.182. The Balaban J connectivity index is 2.54. The third-order valence-electron chi connectivity index (χ3n) is 2.13. The fourth-order valence-electron chi connectivity index (χ4n) is 1.41. The molecule has 4 nitrogen and oxygen atoms in total. The van der Waals surface area contributed by atoms with Crippen molar-refractivity contribution in [2.75, 3.05) is 6.61 Å². The molecule has 88 valence electrons. The van der Waals surface area contributed by atoms with Gasteiger partial charge in [-0.05, 0) is 36.7 Å². The van der Waals surface area contributed by atoms with Gasteiger partial charge in [0, 0.05) is 5.39 Å². The highest BCUT2D eigenvalue weighted by Crippen LogP contribution is 2.23. The van der Waals surface area contributed by atoms with E-state index in [4.69, 9.17) is 27.9 Å². The van der Waals surface area contributed by atoms with Crippen LogP contribution in [0, 0.1) is 0 Å². The molecule has 0 unspecified atom stereocenters. The molecule has 0 aliphatic heterocycles. The summed E-state index contributed by atoms with van der Waals surface area (Å²) in [4.78, 5) is 19.4. The van der Waals surface area contributed by atoms with Crippen LogP contribution in [0.2, 0.25) is 10.4 Å². The van der Waals surface area contributed by atoms with Crippen molar-refractivity contribution in [2.45, 2.75) is 6.92 Å². The second-order valence-electron chi connectivity index (χ2n) is 3.24. The van der Waals surface area contributed by atoms with Gasteiger partial charge in [0.15, 0.2) is 0 Å². The van der Waals surface area contributed by atoms with Crippen LogP contribution in [0.4, 0.5) is 0 Å². The maximum absolute atomic E-state index is 11.5. The van der Waals surface area contributed by atoms with Crippen molar-refractivity contribution in [3.8, 4) is 0 Å². The highest BCUT2D eigenvalue weighted by molar-refractivity contribution is 6.35. The van der Waals surface area contributed by atoms with Gasteiger partial charge in [-0.1, -0.05) is 11.6 Å². The highest BCUT2D eigenvalue weighted by Gasteiger charge is 2.10. The first-order valence-corrected chi connectivity index (χ1v) is 5.67. The van der Waals surface area contributed by atoms with Crippen molar-refractivity contribution >= 4 is 40.1 Å². The summed E-state index contributed by atoms with van der Waals surface area (Å²) in [7, 11) is 0. The molecule has 0 N–H and O–H groups in total. The number of aromatic nitrogens is 2. The maximum atomic E-state index is 11.5. The molecule has 1 aromatic carbocycles. The van der Waals surface area contributed by atoms with E-state index < -0.39 is 5.97 Å². The van der Waals surface area contributed by atoms with Crippen LogP contribution >= 0.6 is 23.2 Å². The molecule has 17 heavy (non-hydrogen) atoms. The second-order valence-corrected chi connectivity index (χ2v) is 3.93. The largest absolute Gasteiger partial charge is 0.462 e. The maximum Gasteiger partial charge on any atom is 0.338 e. The summed E-state index contributed by atoms with van der Waals surface area (Å²) in [5, 5.41) is 0.860. The lowest BCUT2D eigenvalue weighted by molar-refractivity contribution is 0.0526. The van der Waals surface area contributed by atoms with Gasteiger partial charge in [-0.3, -0.25) is 0 Å². The van der Waals surface area contributed by atoms with Gasteiger partial charge in [0.2, 0.25) is 5.28 Å². The van der Waals surface area contributed by atoms with E-state index in [9.17, 15) is 4.79 Å². The smallest absolute Gasteiger partial charge is 0.338 e.